The molecule has 2 heterocycles. The fourth-order valence-corrected chi connectivity index (χ4v) is 4.92. The number of aryl methyl sites for hydroxylation is 1. The molecule has 1 unspecified atom stereocenters. The highest BCUT2D eigenvalue weighted by Crippen LogP contribution is 2.26. The summed E-state index contributed by atoms with van der Waals surface area (Å²) in [6, 6.07) is 7.85. The van der Waals surface area contributed by atoms with E-state index in [-0.39, 0.29) is 0 Å². The zero-order valence-electron chi connectivity index (χ0n) is 12.7. The second-order valence-electron chi connectivity index (χ2n) is 6.09. The molecule has 21 heavy (non-hydrogen) atoms. The molecule has 5 heteroatoms. The van der Waals surface area contributed by atoms with Crippen LogP contribution in [0.4, 0.5) is 0 Å². The van der Waals surface area contributed by atoms with Crippen LogP contribution in [-0.2, 0) is 16.4 Å². The molecule has 2 saturated heterocycles. The Balaban J connectivity index is 1.76. The van der Waals surface area contributed by atoms with E-state index in [1.165, 1.54) is 12.0 Å². The summed E-state index contributed by atoms with van der Waals surface area (Å²) in [5.41, 5.74) is 1.21. The monoisotopic (exact) mass is 308 g/mol. The highest BCUT2D eigenvalue weighted by Gasteiger charge is 2.36. The number of fused-ring (bicyclic) bond motifs is 1. The molecule has 1 aromatic rings. The molecule has 0 radical (unpaired) electrons. The Kier molecular flexibility index (Phi) is 4.33. The second-order valence-corrected chi connectivity index (χ2v) is 8.03. The Hall–Kier alpha value is -0.910. The van der Waals surface area contributed by atoms with Crippen LogP contribution in [0, 0.1) is 0 Å². The molecule has 4 nitrogen and oxygen atoms in total. The van der Waals surface area contributed by atoms with Gasteiger partial charge in [0.25, 0.3) is 0 Å². The van der Waals surface area contributed by atoms with Crippen molar-refractivity contribution < 1.29 is 8.42 Å². The van der Waals surface area contributed by atoms with Gasteiger partial charge in [-0.05, 0) is 43.5 Å². The zero-order chi connectivity index (χ0) is 14.9. The minimum Gasteiger partial charge on any atom is -0.298 e. The van der Waals surface area contributed by atoms with E-state index in [9.17, 15) is 8.42 Å². The van der Waals surface area contributed by atoms with Crippen molar-refractivity contribution in [1.29, 1.82) is 0 Å². The van der Waals surface area contributed by atoms with E-state index in [0.29, 0.717) is 24.0 Å². The number of hydrogen-bond acceptors (Lipinski definition) is 3. The maximum Gasteiger partial charge on any atom is 0.243 e. The quantitative estimate of drug-likeness (QED) is 0.855. The summed E-state index contributed by atoms with van der Waals surface area (Å²) in [7, 11) is -3.33. The number of rotatable bonds is 4. The molecular weight excluding hydrogens is 284 g/mol. The Morgan fingerprint density at radius 3 is 2.62 bits per heavy atom. The van der Waals surface area contributed by atoms with Gasteiger partial charge in [0.1, 0.15) is 0 Å². The summed E-state index contributed by atoms with van der Waals surface area (Å²) in [6.07, 6.45) is 4.41. The lowest BCUT2D eigenvalue weighted by molar-refractivity contribution is 0.158. The van der Waals surface area contributed by atoms with Crippen molar-refractivity contribution in [2.24, 2.45) is 0 Å². The van der Waals surface area contributed by atoms with E-state index < -0.39 is 10.0 Å². The lowest BCUT2D eigenvalue weighted by atomic mass is 10.1. The van der Waals surface area contributed by atoms with Crippen LogP contribution in [0.15, 0.2) is 29.2 Å². The maximum absolute atomic E-state index is 12.8. The van der Waals surface area contributed by atoms with Gasteiger partial charge in [-0.1, -0.05) is 25.5 Å². The van der Waals surface area contributed by atoms with E-state index in [4.69, 9.17) is 0 Å². The first-order valence-electron chi connectivity index (χ1n) is 7.94. The van der Waals surface area contributed by atoms with Crippen LogP contribution in [0.1, 0.15) is 31.7 Å². The fourth-order valence-electron chi connectivity index (χ4n) is 3.45. The van der Waals surface area contributed by atoms with Gasteiger partial charge in [-0.15, -0.1) is 0 Å². The maximum atomic E-state index is 12.8. The van der Waals surface area contributed by atoms with E-state index in [1.54, 1.807) is 16.4 Å². The summed E-state index contributed by atoms with van der Waals surface area (Å²) in [4.78, 5) is 2.87. The van der Waals surface area contributed by atoms with Crippen molar-refractivity contribution >= 4 is 10.0 Å². The molecule has 2 aliphatic heterocycles. The van der Waals surface area contributed by atoms with E-state index in [0.717, 1.165) is 32.4 Å². The highest BCUT2D eigenvalue weighted by atomic mass is 32.2. The van der Waals surface area contributed by atoms with Crippen molar-refractivity contribution in [3.63, 3.8) is 0 Å². The number of nitrogens with zero attached hydrogens (tertiary/aromatic N) is 2. The number of sulfonamides is 1. The Labute approximate surface area is 127 Å². The third-order valence-corrected chi connectivity index (χ3v) is 6.53. The van der Waals surface area contributed by atoms with Crippen molar-refractivity contribution in [3.8, 4) is 0 Å². The van der Waals surface area contributed by atoms with Gasteiger partial charge >= 0.3 is 0 Å². The molecule has 0 amide bonds. The van der Waals surface area contributed by atoms with Crippen molar-refractivity contribution in [2.75, 3.05) is 26.2 Å². The molecule has 0 saturated carbocycles. The van der Waals surface area contributed by atoms with Crippen LogP contribution in [0.2, 0.25) is 0 Å². The summed E-state index contributed by atoms with van der Waals surface area (Å²) in [6.45, 7) is 5.41. The summed E-state index contributed by atoms with van der Waals surface area (Å²) in [5, 5.41) is 0. The molecule has 2 fully saturated rings. The predicted molar refractivity (Wildman–Crippen MR) is 83.8 cm³/mol. The minimum atomic E-state index is -3.33. The Morgan fingerprint density at radius 1 is 1.14 bits per heavy atom. The average Bonchev–Trinajstić information content (AvgIpc) is 2.95. The first-order valence-corrected chi connectivity index (χ1v) is 9.38. The Morgan fingerprint density at radius 2 is 1.90 bits per heavy atom. The van der Waals surface area contributed by atoms with E-state index >= 15 is 0 Å². The highest BCUT2D eigenvalue weighted by molar-refractivity contribution is 7.89. The van der Waals surface area contributed by atoms with Crippen LogP contribution in [0.3, 0.4) is 0 Å². The van der Waals surface area contributed by atoms with Crippen molar-refractivity contribution in [2.45, 2.75) is 43.5 Å². The van der Waals surface area contributed by atoms with Gasteiger partial charge in [0.15, 0.2) is 0 Å². The zero-order valence-corrected chi connectivity index (χ0v) is 13.5. The molecule has 0 aliphatic carbocycles. The van der Waals surface area contributed by atoms with Crippen molar-refractivity contribution in [3.05, 3.63) is 29.8 Å². The normalized spacial score (nSPS) is 24.1. The summed E-state index contributed by atoms with van der Waals surface area (Å²) >= 11 is 0. The molecule has 0 bridgehead atoms. The van der Waals surface area contributed by atoms with E-state index in [2.05, 4.69) is 11.8 Å². The molecule has 116 valence electrons. The largest absolute Gasteiger partial charge is 0.298 e. The molecule has 2 aliphatic rings. The molecule has 0 N–H and O–H groups in total. The molecule has 3 rings (SSSR count). The number of hydrogen-bond donors (Lipinski definition) is 0. The summed E-state index contributed by atoms with van der Waals surface area (Å²) in [5.74, 6) is 0. The van der Waals surface area contributed by atoms with Crippen molar-refractivity contribution in [1.82, 2.24) is 9.21 Å². The Bertz CT molecular complexity index is 583. The fraction of sp³-hybridized carbons (Fsp3) is 0.625. The second kappa shape index (κ2) is 6.07. The van der Waals surface area contributed by atoms with Crippen LogP contribution in [0.25, 0.3) is 0 Å². The topological polar surface area (TPSA) is 40.6 Å². The van der Waals surface area contributed by atoms with Gasteiger partial charge in [0, 0.05) is 25.7 Å². The van der Waals surface area contributed by atoms with Gasteiger partial charge in [-0.25, -0.2) is 8.42 Å². The average molecular weight is 308 g/mol. The molecule has 1 aromatic carbocycles. The van der Waals surface area contributed by atoms with Crippen LogP contribution in [-0.4, -0.2) is 49.8 Å². The summed E-state index contributed by atoms with van der Waals surface area (Å²) < 4.78 is 27.2. The number of piperazine rings is 1. The van der Waals surface area contributed by atoms with Gasteiger partial charge in [-0.2, -0.15) is 4.31 Å². The first kappa shape index (κ1) is 15.0. The van der Waals surface area contributed by atoms with Gasteiger partial charge in [-0.3, -0.25) is 4.90 Å². The minimum absolute atomic E-state index is 0.424. The third kappa shape index (κ3) is 3.00. The number of benzene rings is 1. The predicted octanol–water partition coefficient (Wildman–Crippen LogP) is 2.11. The first-order chi connectivity index (χ1) is 10.1. The SMILES string of the molecule is CCCc1ccc(S(=O)(=O)N2CCN3CCCC3C2)cc1. The lowest BCUT2D eigenvalue weighted by Gasteiger charge is -2.36. The molecule has 0 spiro atoms. The van der Waals surface area contributed by atoms with Gasteiger partial charge < -0.3 is 0 Å². The molecule has 0 aromatic heterocycles. The van der Waals surface area contributed by atoms with Crippen LogP contribution >= 0.6 is 0 Å². The lowest BCUT2D eigenvalue weighted by Crippen LogP contribution is -2.51. The molecular formula is C16H24N2O2S. The van der Waals surface area contributed by atoms with Crippen LogP contribution < -0.4 is 0 Å². The van der Waals surface area contributed by atoms with Gasteiger partial charge in [0.05, 0.1) is 4.90 Å². The standard InChI is InChI=1S/C16H24N2O2S/c1-2-4-14-6-8-16(9-7-14)21(19,20)18-12-11-17-10-3-5-15(17)13-18/h6-9,15H,2-5,10-13H2,1H3. The van der Waals surface area contributed by atoms with Gasteiger partial charge in [0.2, 0.25) is 10.0 Å². The molecule has 1 atom stereocenters. The third-order valence-electron chi connectivity index (χ3n) is 4.65. The van der Waals surface area contributed by atoms with E-state index in [1.807, 2.05) is 12.1 Å². The van der Waals surface area contributed by atoms with Crippen LogP contribution in [0.5, 0.6) is 0 Å². The smallest absolute Gasteiger partial charge is 0.243 e.